The van der Waals surface area contributed by atoms with Gasteiger partial charge in [0.2, 0.25) is 0 Å². The van der Waals surface area contributed by atoms with Crippen molar-refractivity contribution in [3.05, 3.63) is 54.1 Å². The van der Waals surface area contributed by atoms with E-state index in [-0.39, 0.29) is 5.56 Å². The van der Waals surface area contributed by atoms with Crippen LogP contribution >= 0.6 is 0 Å². The minimum absolute atomic E-state index is 0.287. The van der Waals surface area contributed by atoms with E-state index in [4.69, 9.17) is 14.6 Å². The quantitative estimate of drug-likeness (QED) is 0.792. The number of rotatable bonds is 7. The number of carboxylic acids is 1. The van der Waals surface area contributed by atoms with Gasteiger partial charge in [0.1, 0.15) is 12.4 Å². The van der Waals surface area contributed by atoms with Gasteiger partial charge in [0.25, 0.3) is 0 Å². The molecule has 0 radical (unpaired) electrons. The van der Waals surface area contributed by atoms with Crippen LogP contribution in [0.4, 0.5) is 0 Å². The van der Waals surface area contributed by atoms with Gasteiger partial charge in [0.05, 0.1) is 12.2 Å². The molecule has 0 unspecified atom stereocenters. The second-order valence-electron chi connectivity index (χ2n) is 4.45. The molecule has 110 valence electrons. The Morgan fingerprint density at radius 2 is 1.52 bits per heavy atom. The molecule has 0 aliphatic carbocycles. The molecule has 0 aromatic heterocycles. The van der Waals surface area contributed by atoms with E-state index in [2.05, 4.69) is 0 Å². The minimum atomic E-state index is -0.917. The van der Waals surface area contributed by atoms with E-state index in [1.54, 1.807) is 24.3 Å². The van der Waals surface area contributed by atoms with Crippen molar-refractivity contribution in [1.82, 2.24) is 0 Å². The molecule has 0 saturated heterocycles. The Hall–Kier alpha value is -2.33. The van der Waals surface area contributed by atoms with Crippen molar-refractivity contribution >= 4 is 5.97 Å². The Labute approximate surface area is 123 Å². The molecule has 0 aliphatic rings. The maximum Gasteiger partial charge on any atom is 0.335 e. The van der Waals surface area contributed by atoms with Crippen LogP contribution in [0.15, 0.2) is 48.5 Å². The fourth-order valence-electron chi connectivity index (χ4n) is 1.91. The molecule has 0 atom stereocenters. The number of hydrogen-bond donors (Lipinski definition) is 1. The Morgan fingerprint density at radius 1 is 0.952 bits per heavy atom. The predicted molar refractivity (Wildman–Crippen MR) is 80.8 cm³/mol. The SMILES string of the molecule is CCOCCOc1ccc(-c2ccc(C(=O)O)cc2)cc1. The van der Waals surface area contributed by atoms with Crippen LogP contribution in [0.3, 0.4) is 0 Å². The molecule has 0 saturated carbocycles. The smallest absolute Gasteiger partial charge is 0.335 e. The van der Waals surface area contributed by atoms with Crippen molar-refractivity contribution in [2.75, 3.05) is 19.8 Å². The lowest BCUT2D eigenvalue weighted by Crippen LogP contribution is -2.06. The van der Waals surface area contributed by atoms with E-state index < -0.39 is 5.97 Å². The van der Waals surface area contributed by atoms with Gasteiger partial charge in [-0.2, -0.15) is 0 Å². The number of aromatic carboxylic acids is 1. The fraction of sp³-hybridized carbons (Fsp3) is 0.235. The van der Waals surface area contributed by atoms with E-state index >= 15 is 0 Å². The average Bonchev–Trinajstić information content (AvgIpc) is 2.52. The summed E-state index contributed by atoms with van der Waals surface area (Å²) in [5.41, 5.74) is 2.28. The number of carboxylic acid groups (broad SMARTS) is 1. The highest BCUT2D eigenvalue weighted by atomic mass is 16.5. The molecule has 2 rings (SSSR count). The maximum atomic E-state index is 10.8. The summed E-state index contributed by atoms with van der Waals surface area (Å²) < 4.78 is 10.8. The summed E-state index contributed by atoms with van der Waals surface area (Å²) in [4.78, 5) is 10.8. The lowest BCUT2D eigenvalue weighted by Gasteiger charge is -2.07. The van der Waals surface area contributed by atoms with Crippen molar-refractivity contribution in [2.24, 2.45) is 0 Å². The second-order valence-corrected chi connectivity index (χ2v) is 4.45. The molecular weight excluding hydrogens is 268 g/mol. The van der Waals surface area contributed by atoms with Crippen LogP contribution in [-0.4, -0.2) is 30.9 Å². The van der Waals surface area contributed by atoms with Gasteiger partial charge in [-0.05, 0) is 42.3 Å². The van der Waals surface area contributed by atoms with Gasteiger partial charge < -0.3 is 14.6 Å². The normalized spacial score (nSPS) is 10.3. The summed E-state index contributed by atoms with van der Waals surface area (Å²) in [7, 11) is 0. The number of ether oxygens (including phenoxy) is 2. The highest BCUT2D eigenvalue weighted by molar-refractivity contribution is 5.88. The molecule has 1 N–H and O–H groups in total. The van der Waals surface area contributed by atoms with Crippen LogP contribution in [0, 0.1) is 0 Å². The van der Waals surface area contributed by atoms with Crippen LogP contribution in [0.25, 0.3) is 11.1 Å². The third-order valence-corrected chi connectivity index (χ3v) is 3.02. The summed E-state index contributed by atoms with van der Waals surface area (Å²) in [5, 5.41) is 8.88. The summed E-state index contributed by atoms with van der Waals surface area (Å²) in [6.45, 7) is 3.74. The standard InChI is InChI=1S/C17H18O4/c1-2-20-11-12-21-16-9-7-14(8-10-16)13-3-5-15(6-4-13)17(18)19/h3-10H,2,11-12H2,1H3,(H,18,19). The first-order valence-electron chi connectivity index (χ1n) is 6.85. The fourth-order valence-corrected chi connectivity index (χ4v) is 1.91. The van der Waals surface area contributed by atoms with Gasteiger partial charge in [-0.3, -0.25) is 0 Å². The first-order valence-corrected chi connectivity index (χ1v) is 6.85. The monoisotopic (exact) mass is 286 g/mol. The number of benzene rings is 2. The van der Waals surface area contributed by atoms with Gasteiger partial charge in [-0.15, -0.1) is 0 Å². The van der Waals surface area contributed by atoms with Crippen molar-refractivity contribution in [3.63, 3.8) is 0 Å². The first kappa shape index (κ1) is 15.1. The van der Waals surface area contributed by atoms with Crippen LogP contribution < -0.4 is 4.74 Å². The lowest BCUT2D eigenvalue weighted by atomic mass is 10.0. The Morgan fingerprint density at radius 3 is 2.05 bits per heavy atom. The Bertz CT molecular complexity index is 573. The molecule has 0 aliphatic heterocycles. The third-order valence-electron chi connectivity index (χ3n) is 3.02. The van der Waals surface area contributed by atoms with Crippen molar-refractivity contribution < 1.29 is 19.4 Å². The molecule has 4 heteroatoms. The van der Waals surface area contributed by atoms with Crippen LogP contribution in [0.5, 0.6) is 5.75 Å². The van der Waals surface area contributed by atoms with Crippen LogP contribution in [-0.2, 0) is 4.74 Å². The number of carbonyl (C=O) groups is 1. The largest absolute Gasteiger partial charge is 0.491 e. The van der Waals surface area contributed by atoms with Crippen molar-refractivity contribution in [2.45, 2.75) is 6.92 Å². The van der Waals surface area contributed by atoms with Crippen molar-refractivity contribution in [1.29, 1.82) is 0 Å². The van der Waals surface area contributed by atoms with E-state index in [9.17, 15) is 4.79 Å². The molecule has 4 nitrogen and oxygen atoms in total. The molecule has 0 heterocycles. The topological polar surface area (TPSA) is 55.8 Å². The zero-order valence-electron chi connectivity index (χ0n) is 11.9. The van der Waals surface area contributed by atoms with Gasteiger partial charge in [0.15, 0.2) is 0 Å². The summed E-state index contributed by atoms with van der Waals surface area (Å²) in [6.07, 6.45) is 0. The van der Waals surface area contributed by atoms with E-state index in [0.717, 1.165) is 16.9 Å². The van der Waals surface area contributed by atoms with Gasteiger partial charge in [0, 0.05) is 6.61 Å². The summed E-state index contributed by atoms with van der Waals surface area (Å²) >= 11 is 0. The average molecular weight is 286 g/mol. The van der Waals surface area contributed by atoms with E-state index in [0.29, 0.717) is 19.8 Å². The number of hydrogen-bond acceptors (Lipinski definition) is 3. The summed E-state index contributed by atoms with van der Waals surface area (Å²) in [5.74, 6) is -0.125. The van der Waals surface area contributed by atoms with Crippen molar-refractivity contribution in [3.8, 4) is 16.9 Å². The molecule has 0 bridgehead atoms. The molecule has 0 amide bonds. The lowest BCUT2D eigenvalue weighted by molar-refractivity contribution is 0.0697. The molecular formula is C17H18O4. The first-order chi connectivity index (χ1) is 10.2. The van der Waals surface area contributed by atoms with E-state index in [1.807, 2.05) is 31.2 Å². The Kier molecular flexibility index (Phi) is 5.35. The van der Waals surface area contributed by atoms with Crippen LogP contribution in [0.2, 0.25) is 0 Å². The second kappa shape index (κ2) is 7.45. The maximum absolute atomic E-state index is 10.8. The predicted octanol–water partition coefficient (Wildman–Crippen LogP) is 3.47. The van der Waals surface area contributed by atoms with Gasteiger partial charge in [-0.1, -0.05) is 24.3 Å². The molecule has 2 aromatic rings. The molecule has 21 heavy (non-hydrogen) atoms. The minimum Gasteiger partial charge on any atom is -0.491 e. The third kappa shape index (κ3) is 4.33. The zero-order chi connectivity index (χ0) is 15.1. The molecule has 0 fully saturated rings. The molecule has 2 aromatic carbocycles. The Balaban J connectivity index is 1.99. The van der Waals surface area contributed by atoms with Gasteiger partial charge >= 0.3 is 5.97 Å². The zero-order valence-corrected chi connectivity index (χ0v) is 11.9. The van der Waals surface area contributed by atoms with Gasteiger partial charge in [-0.25, -0.2) is 4.79 Å². The van der Waals surface area contributed by atoms with E-state index in [1.165, 1.54) is 0 Å². The summed E-state index contributed by atoms with van der Waals surface area (Å²) in [6, 6.07) is 14.5. The highest BCUT2D eigenvalue weighted by Crippen LogP contribution is 2.22. The molecule has 0 spiro atoms. The van der Waals surface area contributed by atoms with Crippen LogP contribution in [0.1, 0.15) is 17.3 Å². The highest BCUT2D eigenvalue weighted by Gasteiger charge is 2.03.